The molecule has 0 bridgehead atoms. The van der Waals surface area contributed by atoms with Crippen LogP contribution in [0.2, 0.25) is 0 Å². The molecule has 2 heterocycles. The normalized spacial score (nSPS) is 31.5. The molecule has 0 aliphatic carbocycles. The lowest BCUT2D eigenvalue weighted by Gasteiger charge is -2.32. The fourth-order valence-corrected chi connectivity index (χ4v) is 4.38. The minimum atomic E-state index is -3.39. The molecule has 2 saturated heterocycles. The Morgan fingerprint density at radius 3 is 2.89 bits per heavy atom. The standard InChI is InChI=1S/C12H25N3O3S/c1-10(12-4-6-18-9-12)14-19(16,17)15-5-2-3-11(7-13)8-15/h10-12,14H,2-9,13H2,1H3. The zero-order valence-corrected chi connectivity index (χ0v) is 12.4. The predicted octanol–water partition coefficient (Wildman–Crippen LogP) is -0.0835. The van der Waals surface area contributed by atoms with E-state index in [1.807, 2.05) is 6.92 Å². The highest BCUT2D eigenvalue weighted by Gasteiger charge is 2.32. The summed E-state index contributed by atoms with van der Waals surface area (Å²) >= 11 is 0. The van der Waals surface area contributed by atoms with Crippen molar-refractivity contribution in [2.45, 2.75) is 32.2 Å². The number of ether oxygens (including phenoxy) is 1. The maximum absolute atomic E-state index is 12.3. The first kappa shape index (κ1) is 15.2. The van der Waals surface area contributed by atoms with Gasteiger partial charge >= 0.3 is 0 Å². The molecule has 2 aliphatic heterocycles. The van der Waals surface area contributed by atoms with Crippen molar-refractivity contribution in [1.29, 1.82) is 0 Å². The van der Waals surface area contributed by atoms with Gasteiger partial charge in [-0.2, -0.15) is 17.4 Å². The molecule has 2 fully saturated rings. The van der Waals surface area contributed by atoms with E-state index in [4.69, 9.17) is 10.5 Å². The summed E-state index contributed by atoms with van der Waals surface area (Å²) < 4.78 is 34.3. The molecular weight excluding hydrogens is 266 g/mol. The highest BCUT2D eigenvalue weighted by Crippen LogP contribution is 2.20. The van der Waals surface area contributed by atoms with Crippen molar-refractivity contribution in [1.82, 2.24) is 9.03 Å². The molecule has 19 heavy (non-hydrogen) atoms. The lowest BCUT2D eigenvalue weighted by Crippen LogP contribution is -2.50. The molecule has 3 unspecified atom stereocenters. The van der Waals surface area contributed by atoms with Crippen LogP contribution in [0.5, 0.6) is 0 Å². The minimum Gasteiger partial charge on any atom is -0.381 e. The molecule has 0 aromatic heterocycles. The van der Waals surface area contributed by atoms with Crippen molar-refractivity contribution in [3.05, 3.63) is 0 Å². The Kier molecular flexibility index (Phi) is 5.19. The van der Waals surface area contributed by atoms with E-state index in [9.17, 15) is 8.42 Å². The van der Waals surface area contributed by atoms with Gasteiger partial charge in [0.1, 0.15) is 0 Å². The summed E-state index contributed by atoms with van der Waals surface area (Å²) in [6, 6.07) is -0.0780. The van der Waals surface area contributed by atoms with Crippen LogP contribution in [-0.4, -0.2) is 51.6 Å². The first-order chi connectivity index (χ1) is 9.03. The Hall–Kier alpha value is -0.210. The van der Waals surface area contributed by atoms with Gasteiger partial charge in [-0.1, -0.05) is 0 Å². The second-order valence-corrected chi connectivity index (χ2v) is 7.34. The van der Waals surface area contributed by atoms with Crippen LogP contribution in [0.15, 0.2) is 0 Å². The van der Waals surface area contributed by atoms with Crippen LogP contribution in [0.25, 0.3) is 0 Å². The summed E-state index contributed by atoms with van der Waals surface area (Å²) in [5.41, 5.74) is 5.65. The molecule has 0 amide bonds. The number of rotatable bonds is 5. The van der Waals surface area contributed by atoms with Crippen molar-refractivity contribution < 1.29 is 13.2 Å². The van der Waals surface area contributed by atoms with E-state index < -0.39 is 10.2 Å². The van der Waals surface area contributed by atoms with Crippen LogP contribution >= 0.6 is 0 Å². The average Bonchev–Trinajstić information content (AvgIpc) is 2.92. The highest BCUT2D eigenvalue weighted by atomic mass is 32.2. The lowest BCUT2D eigenvalue weighted by molar-refractivity contribution is 0.180. The van der Waals surface area contributed by atoms with Gasteiger partial charge in [-0.25, -0.2) is 0 Å². The molecule has 6 nitrogen and oxygen atoms in total. The second-order valence-electron chi connectivity index (χ2n) is 5.64. The van der Waals surface area contributed by atoms with Crippen molar-refractivity contribution in [2.24, 2.45) is 17.6 Å². The smallest absolute Gasteiger partial charge is 0.279 e. The number of nitrogens with zero attached hydrogens (tertiary/aromatic N) is 1. The van der Waals surface area contributed by atoms with Crippen LogP contribution in [-0.2, 0) is 14.9 Å². The van der Waals surface area contributed by atoms with Crippen LogP contribution in [0.4, 0.5) is 0 Å². The van der Waals surface area contributed by atoms with Crippen molar-refractivity contribution >= 4 is 10.2 Å². The second kappa shape index (κ2) is 6.49. The Labute approximate surface area is 115 Å². The molecular formula is C12H25N3O3S. The highest BCUT2D eigenvalue weighted by molar-refractivity contribution is 7.87. The van der Waals surface area contributed by atoms with Gasteiger partial charge in [-0.3, -0.25) is 0 Å². The van der Waals surface area contributed by atoms with Crippen molar-refractivity contribution in [3.63, 3.8) is 0 Å². The Morgan fingerprint density at radius 1 is 1.47 bits per heavy atom. The van der Waals surface area contributed by atoms with Crippen molar-refractivity contribution in [3.8, 4) is 0 Å². The summed E-state index contributed by atoms with van der Waals surface area (Å²) in [5.74, 6) is 0.570. The number of nitrogens with one attached hydrogen (secondary N) is 1. The van der Waals surface area contributed by atoms with Gasteiger partial charge < -0.3 is 10.5 Å². The summed E-state index contributed by atoms with van der Waals surface area (Å²) in [6.07, 6.45) is 2.84. The SMILES string of the molecule is CC(NS(=O)(=O)N1CCCC(CN)C1)C1CCOC1. The van der Waals surface area contributed by atoms with Crippen LogP contribution in [0.3, 0.4) is 0 Å². The third-order valence-electron chi connectivity index (χ3n) is 4.16. The van der Waals surface area contributed by atoms with Gasteiger partial charge in [0, 0.05) is 31.7 Å². The average molecular weight is 291 g/mol. The van der Waals surface area contributed by atoms with Gasteiger partial charge in [0.05, 0.1) is 6.61 Å². The van der Waals surface area contributed by atoms with Crippen LogP contribution in [0.1, 0.15) is 26.2 Å². The van der Waals surface area contributed by atoms with E-state index in [0.717, 1.165) is 25.9 Å². The van der Waals surface area contributed by atoms with Gasteiger partial charge in [0.15, 0.2) is 0 Å². The maximum Gasteiger partial charge on any atom is 0.279 e. The molecule has 0 spiro atoms. The topological polar surface area (TPSA) is 84.7 Å². The fraction of sp³-hybridized carbons (Fsp3) is 1.00. The van der Waals surface area contributed by atoms with Gasteiger partial charge in [0.25, 0.3) is 10.2 Å². The van der Waals surface area contributed by atoms with Crippen LogP contribution < -0.4 is 10.5 Å². The largest absolute Gasteiger partial charge is 0.381 e. The molecule has 0 aromatic carbocycles. The quantitative estimate of drug-likeness (QED) is 0.742. The van der Waals surface area contributed by atoms with E-state index in [1.165, 1.54) is 0 Å². The Balaban J connectivity index is 1.93. The van der Waals surface area contributed by atoms with Crippen LogP contribution in [0, 0.1) is 11.8 Å². The molecule has 7 heteroatoms. The van der Waals surface area contributed by atoms with E-state index in [-0.39, 0.29) is 17.9 Å². The maximum atomic E-state index is 12.3. The number of hydrogen-bond donors (Lipinski definition) is 2. The molecule has 3 N–H and O–H groups in total. The third kappa shape index (κ3) is 3.88. The zero-order valence-electron chi connectivity index (χ0n) is 11.5. The first-order valence-electron chi connectivity index (χ1n) is 7.08. The van der Waals surface area contributed by atoms with Crippen molar-refractivity contribution in [2.75, 3.05) is 32.8 Å². The molecule has 2 rings (SSSR count). The fourth-order valence-electron chi connectivity index (χ4n) is 2.79. The van der Waals surface area contributed by atoms with E-state index >= 15 is 0 Å². The molecule has 0 saturated carbocycles. The summed E-state index contributed by atoms with van der Waals surface area (Å²) in [4.78, 5) is 0. The monoisotopic (exact) mass is 291 g/mol. The summed E-state index contributed by atoms with van der Waals surface area (Å²) in [5, 5.41) is 0. The number of hydrogen-bond acceptors (Lipinski definition) is 4. The zero-order chi connectivity index (χ0) is 13.9. The number of nitrogens with two attached hydrogens (primary N) is 1. The third-order valence-corrected chi connectivity index (χ3v) is 5.84. The van der Waals surface area contributed by atoms with Gasteiger partial charge in [-0.05, 0) is 38.6 Å². The summed E-state index contributed by atoms with van der Waals surface area (Å²) in [7, 11) is -3.39. The minimum absolute atomic E-state index is 0.0780. The Bertz CT molecular complexity index is 382. The molecule has 2 aliphatic rings. The Morgan fingerprint density at radius 2 is 2.26 bits per heavy atom. The van der Waals surface area contributed by atoms with E-state index in [2.05, 4.69) is 4.72 Å². The molecule has 112 valence electrons. The summed E-state index contributed by atoms with van der Waals surface area (Å²) in [6.45, 7) is 4.99. The van der Waals surface area contributed by atoms with E-state index in [0.29, 0.717) is 26.2 Å². The van der Waals surface area contributed by atoms with Gasteiger partial charge in [-0.15, -0.1) is 0 Å². The first-order valence-corrected chi connectivity index (χ1v) is 8.52. The number of piperidine rings is 1. The molecule has 0 radical (unpaired) electrons. The van der Waals surface area contributed by atoms with E-state index in [1.54, 1.807) is 4.31 Å². The van der Waals surface area contributed by atoms with Gasteiger partial charge in [0.2, 0.25) is 0 Å². The molecule has 0 aromatic rings. The predicted molar refractivity (Wildman–Crippen MR) is 73.8 cm³/mol. The lowest BCUT2D eigenvalue weighted by atomic mass is 10.0. The molecule has 3 atom stereocenters.